The van der Waals surface area contributed by atoms with Gasteiger partial charge < -0.3 is 4.74 Å². The van der Waals surface area contributed by atoms with E-state index in [1.54, 1.807) is 12.1 Å². The molecule has 0 heterocycles. The molecular weight excluding hydrogens is 404 g/mol. The number of rotatable bonds is 3. The van der Waals surface area contributed by atoms with Gasteiger partial charge in [0, 0.05) is 10.9 Å². The fourth-order valence-corrected chi connectivity index (χ4v) is 4.57. The molecule has 0 N–H and O–H groups in total. The van der Waals surface area contributed by atoms with Gasteiger partial charge in [-0.15, -0.1) is 0 Å². The number of ether oxygens (including phenoxy) is 1. The lowest BCUT2D eigenvalue weighted by atomic mass is 9.90. The van der Waals surface area contributed by atoms with Crippen LogP contribution in [0, 0.1) is 0 Å². The number of fused-ring (bicyclic) bond motifs is 4. The second-order valence-corrected chi connectivity index (χ2v) is 8.12. The molecule has 0 aliphatic rings. The van der Waals surface area contributed by atoms with Crippen LogP contribution in [0.3, 0.4) is 0 Å². The number of hydrogen-bond acceptors (Lipinski definition) is 2. The van der Waals surface area contributed by atoms with Gasteiger partial charge in [-0.2, -0.15) is 0 Å². The van der Waals surface area contributed by atoms with Gasteiger partial charge in [-0.1, -0.05) is 97.1 Å². The summed E-state index contributed by atoms with van der Waals surface area (Å²) in [7, 11) is 0. The van der Waals surface area contributed by atoms with Gasteiger partial charge in [0.05, 0.1) is 5.56 Å². The van der Waals surface area contributed by atoms with Gasteiger partial charge in [0.1, 0.15) is 5.75 Å². The van der Waals surface area contributed by atoms with Crippen LogP contribution >= 0.6 is 0 Å². The average molecular weight is 424 g/mol. The third-order valence-corrected chi connectivity index (χ3v) is 6.11. The molecule has 6 aromatic rings. The van der Waals surface area contributed by atoms with Crippen molar-refractivity contribution in [2.24, 2.45) is 0 Å². The predicted molar refractivity (Wildman–Crippen MR) is 136 cm³/mol. The van der Waals surface area contributed by atoms with E-state index in [9.17, 15) is 4.79 Å². The SMILES string of the molecule is O=C(Oc1c(-c2ccccc2)c2ccccc2c2cc3ccccc3cc12)c1ccccc1. The first-order valence-corrected chi connectivity index (χ1v) is 11.0. The van der Waals surface area contributed by atoms with Crippen molar-refractivity contribution in [3.63, 3.8) is 0 Å². The van der Waals surface area contributed by atoms with Gasteiger partial charge in [0.2, 0.25) is 0 Å². The van der Waals surface area contributed by atoms with Crippen LogP contribution in [-0.2, 0) is 0 Å². The van der Waals surface area contributed by atoms with Gasteiger partial charge in [0.15, 0.2) is 0 Å². The molecule has 0 fully saturated rings. The number of benzene rings is 6. The van der Waals surface area contributed by atoms with Crippen molar-refractivity contribution in [2.45, 2.75) is 0 Å². The van der Waals surface area contributed by atoms with E-state index in [1.165, 1.54) is 0 Å². The maximum atomic E-state index is 13.2. The molecule has 156 valence electrons. The molecule has 33 heavy (non-hydrogen) atoms. The predicted octanol–water partition coefficient (Wildman–Crippen LogP) is 8.03. The smallest absolute Gasteiger partial charge is 0.343 e. The minimum atomic E-state index is -0.363. The summed E-state index contributed by atoms with van der Waals surface area (Å²) in [6.45, 7) is 0. The molecule has 2 heteroatoms. The van der Waals surface area contributed by atoms with Crippen LogP contribution < -0.4 is 4.74 Å². The summed E-state index contributed by atoms with van der Waals surface area (Å²) in [5, 5.41) is 6.45. The van der Waals surface area contributed by atoms with E-state index >= 15 is 0 Å². The highest BCUT2D eigenvalue weighted by Gasteiger charge is 2.20. The molecule has 0 aliphatic carbocycles. The lowest BCUT2D eigenvalue weighted by molar-refractivity contribution is 0.0738. The second-order valence-electron chi connectivity index (χ2n) is 8.12. The number of carbonyl (C=O) groups excluding carboxylic acids is 1. The van der Waals surface area contributed by atoms with E-state index < -0.39 is 0 Å². The Labute approximate surface area is 191 Å². The second kappa shape index (κ2) is 7.92. The van der Waals surface area contributed by atoms with Crippen LogP contribution in [0.25, 0.3) is 43.4 Å². The first-order chi connectivity index (χ1) is 16.3. The summed E-state index contributed by atoms with van der Waals surface area (Å²) < 4.78 is 6.22. The first-order valence-electron chi connectivity index (χ1n) is 11.0. The van der Waals surface area contributed by atoms with Crippen molar-refractivity contribution in [1.29, 1.82) is 0 Å². The Morgan fingerprint density at radius 3 is 1.76 bits per heavy atom. The summed E-state index contributed by atoms with van der Waals surface area (Å²) in [6.07, 6.45) is 0. The molecule has 0 saturated heterocycles. The highest BCUT2D eigenvalue weighted by Crippen LogP contribution is 2.45. The van der Waals surface area contributed by atoms with E-state index in [0.717, 1.165) is 43.4 Å². The van der Waals surface area contributed by atoms with Gasteiger partial charge in [-0.25, -0.2) is 4.79 Å². The molecular formula is C31H20O2. The van der Waals surface area contributed by atoms with Crippen LogP contribution in [0.1, 0.15) is 10.4 Å². The number of esters is 1. The van der Waals surface area contributed by atoms with Crippen molar-refractivity contribution in [3.8, 4) is 16.9 Å². The van der Waals surface area contributed by atoms with Crippen molar-refractivity contribution in [2.75, 3.05) is 0 Å². The van der Waals surface area contributed by atoms with Gasteiger partial charge in [0.25, 0.3) is 0 Å². The maximum Gasteiger partial charge on any atom is 0.343 e. The lowest BCUT2D eigenvalue weighted by Crippen LogP contribution is -2.09. The highest BCUT2D eigenvalue weighted by molar-refractivity contribution is 6.21. The Morgan fingerprint density at radius 2 is 1.06 bits per heavy atom. The molecule has 0 aliphatic heterocycles. The molecule has 0 radical (unpaired) electrons. The standard InChI is InChI=1S/C31H20O2/c32-31(22-13-5-2-6-14-22)33-30-28-20-24-16-8-7-15-23(24)19-27(28)25-17-9-10-18-26(25)29(30)21-11-3-1-4-12-21/h1-20H. The van der Waals surface area contributed by atoms with Crippen LogP contribution in [-0.4, -0.2) is 5.97 Å². The molecule has 0 atom stereocenters. The zero-order valence-electron chi connectivity index (χ0n) is 17.9. The fourth-order valence-electron chi connectivity index (χ4n) is 4.57. The third-order valence-electron chi connectivity index (χ3n) is 6.11. The Kier molecular flexibility index (Phi) is 4.63. The van der Waals surface area contributed by atoms with Crippen LogP contribution in [0.2, 0.25) is 0 Å². The quantitative estimate of drug-likeness (QED) is 0.124. The summed E-state index contributed by atoms with van der Waals surface area (Å²) in [6, 6.07) is 40.2. The van der Waals surface area contributed by atoms with Crippen LogP contribution in [0.4, 0.5) is 0 Å². The molecule has 0 aromatic heterocycles. The van der Waals surface area contributed by atoms with Crippen LogP contribution in [0.5, 0.6) is 5.75 Å². The Morgan fingerprint density at radius 1 is 0.515 bits per heavy atom. The van der Waals surface area contributed by atoms with E-state index in [0.29, 0.717) is 11.3 Å². The minimum Gasteiger partial charge on any atom is -0.422 e. The molecule has 0 saturated carbocycles. The largest absolute Gasteiger partial charge is 0.422 e. The Balaban J connectivity index is 1.74. The van der Waals surface area contributed by atoms with Crippen molar-refractivity contribution in [3.05, 3.63) is 127 Å². The Bertz CT molecular complexity index is 1630. The maximum absolute atomic E-state index is 13.2. The van der Waals surface area contributed by atoms with Crippen molar-refractivity contribution >= 4 is 38.3 Å². The molecule has 2 nitrogen and oxygen atoms in total. The van der Waals surface area contributed by atoms with Crippen LogP contribution in [0.15, 0.2) is 121 Å². The third kappa shape index (κ3) is 3.33. The zero-order valence-corrected chi connectivity index (χ0v) is 17.9. The number of carbonyl (C=O) groups is 1. The minimum absolute atomic E-state index is 0.363. The molecule has 0 unspecified atom stereocenters. The van der Waals surface area contributed by atoms with Gasteiger partial charge in [-0.05, 0) is 56.8 Å². The normalized spacial score (nSPS) is 11.2. The molecule has 6 aromatic carbocycles. The van der Waals surface area contributed by atoms with Crippen molar-refractivity contribution < 1.29 is 9.53 Å². The summed E-state index contributed by atoms with van der Waals surface area (Å²) in [5.41, 5.74) is 2.47. The van der Waals surface area contributed by atoms with Gasteiger partial charge >= 0.3 is 5.97 Å². The summed E-state index contributed by atoms with van der Waals surface area (Å²) in [4.78, 5) is 13.2. The highest BCUT2D eigenvalue weighted by atomic mass is 16.5. The fraction of sp³-hybridized carbons (Fsp3) is 0. The summed E-state index contributed by atoms with van der Waals surface area (Å²) >= 11 is 0. The Hall–Kier alpha value is -4.43. The van der Waals surface area contributed by atoms with Crippen molar-refractivity contribution in [1.82, 2.24) is 0 Å². The first kappa shape index (κ1) is 19.3. The van der Waals surface area contributed by atoms with E-state index in [4.69, 9.17) is 4.74 Å². The zero-order chi connectivity index (χ0) is 22.2. The molecule has 0 bridgehead atoms. The van der Waals surface area contributed by atoms with E-state index in [-0.39, 0.29) is 5.97 Å². The monoisotopic (exact) mass is 424 g/mol. The van der Waals surface area contributed by atoms with Gasteiger partial charge in [-0.3, -0.25) is 0 Å². The molecule has 6 rings (SSSR count). The lowest BCUT2D eigenvalue weighted by Gasteiger charge is -2.18. The topological polar surface area (TPSA) is 26.3 Å². The average Bonchev–Trinajstić information content (AvgIpc) is 2.89. The molecule has 0 spiro atoms. The molecule has 0 amide bonds. The number of hydrogen-bond donors (Lipinski definition) is 0. The summed E-state index contributed by atoms with van der Waals surface area (Å²) in [5.74, 6) is 0.229. The van der Waals surface area contributed by atoms with E-state index in [1.807, 2.05) is 54.6 Å². The van der Waals surface area contributed by atoms with E-state index in [2.05, 4.69) is 54.6 Å².